The smallest absolute Gasteiger partial charge is 0.161 e. The molecule has 0 radical (unpaired) electrons. The van der Waals surface area contributed by atoms with Crippen molar-refractivity contribution < 1.29 is 9.47 Å². The van der Waals surface area contributed by atoms with Gasteiger partial charge in [0.25, 0.3) is 0 Å². The Morgan fingerprint density at radius 1 is 0.920 bits per heavy atom. The van der Waals surface area contributed by atoms with Crippen LogP contribution in [0.2, 0.25) is 5.02 Å². The SMILES string of the molecule is Clc1cccc(CC2CCC(Cc3ccc4c(c3)OCCO4)NC2)c1. The molecule has 0 saturated carbocycles. The summed E-state index contributed by atoms with van der Waals surface area (Å²) in [4.78, 5) is 0. The van der Waals surface area contributed by atoms with E-state index in [1.807, 2.05) is 18.2 Å². The average Bonchev–Trinajstić information content (AvgIpc) is 2.63. The van der Waals surface area contributed by atoms with Crippen LogP contribution in [-0.4, -0.2) is 25.8 Å². The van der Waals surface area contributed by atoms with E-state index in [2.05, 4.69) is 29.6 Å². The topological polar surface area (TPSA) is 30.5 Å². The van der Waals surface area contributed by atoms with E-state index in [1.165, 1.54) is 24.0 Å². The number of hydrogen-bond acceptors (Lipinski definition) is 3. The number of benzene rings is 2. The summed E-state index contributed by atoms with van der Waals surface area (Å²) in [5, 5.41) is 4.56. The van der Waals surface area contributed by atoms with Gasteiger partial charge in [-0.15, -0.1) is 0 Å². The van der Waals surface area contributed by atoms with Crippen LogP contribution < -0.4 is 14.8 Å². The number of halogens is 1. The number of piperidine rings is 1. The van der Waals surface area contributed by atoms with Crippen molar-refractivity contribution in [2.45, 2.75) is 31.7 Å². The molecule has 1 fully saturated rings. The molecule has 2 heterocycles. The fraction of sp³-hybridized carbons (Fsp3) is 0.429. The highest BCUT2D eigenvalue weighted by Gasteiger charge is 2.22. The highest BCUT2D eigenvalue weighted by molar-refractivity contribution is 6.30. The molecule has 4 heteroatoms. The van der Waals surface area contributed by atoms with Crippen LogP contribution in [0.3, 0.4) is 0 Å². The molecule has 1 saturated heterocycles. The zero-order valence-electron chi connectivity index (χ0n) is 14.3. The molecule has 2 aliphatic heterocycles. The van der Waals surface area contributed by atoms with Crippen molar-refractivity contribution >= 4 is 11.6 Å². The quantitative estimate of drug-likeness (QED) is 0.886. The Morgan fingerprint density at radius 3 is 2.56 bits per heavy atom. The Hall–Kier alpha value is -1.71. The molecular formula is C21H24ClNO2. The molecule has 2 aliphatic rings. The summed E-state index contributed by atoms with van der Waals surface area (Å²) >= 11 is 6.09. The van der Waals surface area contributed by atoms with Gasteiger partial charge in [-0.3, -0.25) is 0 Å². The number of ether oxygens (including phenoxy) is 2. The van der Waals surface area contributed by atoms with Crippen LogP contribution in [0.1, 0.15) is 24.0 Å². The molecule has 2 unspecified atom stereocenters. The van der Waals surface area contributed by atoms with Crippen molar-refractivity contribution in [3.05, 3.63) is 58.6 Å². The van der Waals surface area contributed by atoms with Crippen LogP contribution in [0.4, 0.5) is 0 Å². The second-order valence-corrected chi connectivity index (χ2v) is 7.50. The van der Waals surface area contributed by atoms with Gasteiger partial charge in [0.1, 0.15) is 13.2 Å². The zero-order chi connectivity index (χ0) is 17.1. The molecule has 0 bridgehead atoms. The number of hydrogen-bond donors (Lipinski definition) is 1. The molecule has 0 aromatic heterocycles. The summed E-state index contributed by atoms with van der Waals surface area (Å²) in [6.45, 7) is 2.36. The fourth-order valence-corrected chi connectivity index (χ4v) is 4.03. The zero-order valence-corrected chi connectivity index (χ0v) is 15.1. The minimum atomic E-state index is 0.540. The fourth-order valence-electron chi connectivity index (χ4n) is 3.82. The van der Waals surface area contributed by atoms with Gasteiger partial charge in [0.2, 0.25) is 0 Å². The van der Waals surface area contributed by atoms with Crippen molar-refractivity contribution in [3.63, 3.8) is 0 Å². The lowest BCUT2D eigenvalue weighted by molar-refractivity contribution is 0.171. The summed E-state index contributed by atoms with van der Waals surface area (Å²) in [7, 11) is 0. The first kappa shape index (κ1) is 16.7. The van der Waals surface area contributed by atoms with Crippen molar-refractivity contribution in [3.8, 4) is 11.5 Å². The third-order valence-electron chi connectivity index (χ3n) is 5.12. The molecule has 0 spiro atoms. The van der Waals surface area contributed by atoms with E-state index >= 15 is 0 Å². The Morgan fingerprint density at radius 2 is 1.76 bits per heavy atom. The summed E-state index contributed by atoms with van der Waals surface area (Å²) in [6, 6.07) is 15.1. The molecule has 2 aromatic carbocycles. The molecule has 2 aromatic rings. The summed E-state index contributed by atoms with van der Waals surface area (Å²) < 4.78 is 11.3. The summed E-state index contributed by atoms with van der Waals surface area (Å²) in [5.41, 5.74) is 2.65. The number of fused-ring (bicyclic) bond motifs is 1. The maximum atomic E-state index is 6.09. The molecule has 132 valence electrons. The lowest BCUT2D eigenvalue weighted by Gasteiger charge is -2.30. The Balaban J connectivity index is 1.30. The Bertz CT molecular complexity index is 726. The van der Waals surface area contributed by atoms with Crippen LogP contribution in [0.5, 0.6) is 11.5 Å². The first-order valence-electron chi connectivity index (χ1n) is 9.12. The molecule has 2 atom stereocenters. The second kappa shape index (κ2) is 7.67. The normalized spacial score (nSPS) is 22.6. The van der Waals surface area contributed by atoms with Crippen LogP contribution in [-0.2, 0) is 12.8 Å². The van der Waals surface area contributed by atoms with E-state index < -0.39 is 0 Å². The molecule has 4 rings (SSSR count). The van der Waals surface area contributed by atoms with Gasteiger partial charge in [-0.1, -0.05) is 29.8 Å². The van der Waals surface area contributed by atoms with E-state index in [-0.39, 0.29) is 0 Å². The van der Waals surface area contributed by atoms with Crippen molar-refractivity contribution in [1.29, 1.82) is 0 Å². The maximum Gasteiger partial charge on any atom is 0.161 e. The monoisotopic (exact) mass is 357 g/mol. The third-order valence-corrected chi connectivity index (χ3v) is 5.36. The van der Waals surface area contributed by atoms with Crippen LogP contribution in [0, 0.1) is 5.92 Å². The summed E-state index contributed by atoms with van der Waals surface area (Å²) in [5.74, 6) is 2.45. The van der Waals surface area contributed by atoms with Gasteiger partial charge in [0, 0.05) is 11.1 Å². The Kier molecular flexibility index (Phi) is 5.14. The third kappa shape index (κ3) is 4.28. The van der Waals surface area contributed by atoms with Gasteiger partial charge in [-0.05, 0) is 73.5 Å². The molecule has 0 aliphatic carbocycles. The van der Waals surface area contributed by atoms with E-state index in [1.54, 1.807) is 0 Å². The second-order valence-electron chi connectivity index (χ2n) is 7.06. The molecule has 25 heavy (non-hydrogen) atoms. The first-order valence-corrected chi connectivity index (χ1v) is 9.50. The predicted octanol–water partition coefficient (Wildman–Crippen LogP) is 4.26. The van der Waals surface area contributed by atoms with Crippen molar-refractivity contribution in [2.24, 2.45) is 5.92 Å². The van der Waals surface area contributed by atoms with Crippen molar-refractivity contribution in [1.82, 2.24) is 5.32 Å². The van der Waals surface area contributed by atoms with Crippen molar-refractivity contribution in [2.75, 3.05) is 19.8 Å². The van der Waals surface area contributed by atoms with Gasteiger partial charge in [0.05, 0.1) is 0 Å². The number of rotatable bonds is 4. The lowest BCUT2D eigenvalue weighted by atomic mass is 9.87. The van der Waals surface area contributed by atoms with Crippen LogP contribution in [0.25, 0.3) is 0 Å². The molecule has 1 N–H and O–H groups in total. The first-order chi connectivity index (χ1) is 12.3. The molecule has 3 nitrogen and oxygen atoms in total. The highest BCUT2D eigenvalue weighted by atomic mass is 35.5. The van der Waals surface area contributed by atoms with Gasteiger partial charge in [0.15, 0.2) is 11.5 Å². The Labute approximate surface area is 154 Å². The molecule has 0 amide bonds. The standard InChI is InChI=1S/C21H24ClNO2/c22-18-3-1-2-15(11-18)10-17-4-6-19(23-14-17)12-16-5-7-20-21(13-16)25-9-8-24-20/h1-3,5,7,11,13,17,19,23H,4,6,8-10,12,14H2. The molecular weight excluding hydrogens is 334 g/mol. The van der Waals surface area contributed by atoms with Gasteiger partial charge >= 0.3 is 0 Å². The maximum absolute atomic E-state index is 6.09. The van der Waals surface area contributed by atoms with E-state index in [4.69, 9.17) is 21.1 Å². The average molecular weight is 358 g/mol. The number of nitrogens with one attached hydrogen (secondary N) is 1. The largest absolute Gasteiger partial charge is 0.486 e. The minimum Gasteiger partial charge on any atom is -0.486 e. The lowest BCUT2D eigenvalue weighted by Crippen LogP contribution is -2.40. The predicted molar refractivity (Wildman–Crippen MR) is 101 cm³/mol. The van der Waals surface area contributed by atoms with Gasteiger partial charge in [-0.25, -0.2) is 0 Å². The van der Waals surface area contributed by atoms with E-state index in [9.17, 15) is 0 Å². The van der Waals surface area contributed by atoms with Gasteiger partial charge in [-0.2, -0.15) is 0 Å². The summed E-state index contributed by atoms with van der Waals surface area (Å²) in [6.07, 6.45) is 4.61. The highest BCUT2D eigenvalue weighted by Crippen LogP contribution is 2.31. The van der Waals surface area contributed by atoms with Gasteiger partial charge < -0.3 is 14.8 Å². The van der Waals surface area contributed by atoms with E-state index in [0.717, 1.165) is 35.9 Å². The van der Waals surface area contributed by atoms with Crippen LogP contribution >= 0.6 is 11.6 Å². The van der Waals surface area contributed by atoms with Crippen LogP contribution in [0.15, 0.2) is 42.5 Å². The van der Waals surface area contributed by atoms with E-state index in [0.29, 0.717) is 25.2 Å². The minimum absolute atomic E-state index is 0.540.